The maximum absolute atomic E-state index is 0. The molecule has 4 heteroatoms. The van der Waals surface area contributed by atoms with Gasteiger partial charge in [-0.15, -0.1) is 0 Å². The van der Waals surface area contributed by atoms with Crippen molar-refractivity contribution in [3.05, 3.63) is 0 Å². The van der Waals surface area contributed by atoms with Gasteiger partial charge in [0, 0.05) is 21.1 Å². The van der Waals surface area contributed by atoms with Gasteiger partial charge in [-0.2, -0.15) is 0 Å². The van der Waals surface area contributed by atoms with Crippen molar-refractivity contribution in [2.45, 2.75) is 0 Å². The van der Waals surface area contributed by atoms with Gasteiger partial charge in [-0.05, 0) is 0 Å². The molecule has 0 aliphatic rings. The summed E-state index contributed by atoms with van der Waals surface area (Å²) in [5.41, 5.74) is 0. The first-order chi connectivity index (χ1) is 0. The molecule has 0 heterocycles. The van der Waals surface area contributed by atoms with E-state index in [0.717, 1.165) is 0 Å². The molecule has 0 N–H and O–H groups in total. The second-order valence-corrected chi connectivity index (χ2v) is 0. The fourth-order valence-corrected chi connectivity index (χ4v) is 0. The average Bonchev–Trinajstić information content (AvgIpc) is 0. The zero-order valence-electron chi connectivity index (χ0n) is 1.45. The topological polar surface area (TPSA) is 0 Å². The van der Waals surface area contributed by atoms with Crippen LogP contribution in [0.2, 0.25) is 0 Å². The van der Waals surface area contributed by atoms with Crippen molar-refractivity contribution in [2.75, 3.05) is 0 Å². The van der Waals surface area contributed by atoms with Crippen LogP contribution in [0.1, 0.15) is 0 Å². The second-order valence-electron chi connectivity index (χ2n) is 0. The van der Waals surface area contributed by atoms with E-state index in [4.69, 9.17) is 0 Å². The van der Waals surface area contributed by atoms with Crippen LogP contribution in [0.5, 0.6) is 0 Å². The standard InChI is InChI=1S/3ClH.Pt/h3*1H;/p-3. The molecule has 0 rings (SSSR count). The Morgan fingerprint density at radius 1 is 0.500 bits per heavy atom. The van der Waals surface area contributed by atoms with E-state index in [2.05, 4.69) is 0 Å². The molecule has 34 valence electrons. The van der Waals surface area contributed by atoms with Crippen molar-refractivity contribution in [1.82, 2.24) is 0 Å². The summed E-state index contributed by atoms with van der Waals surface area (Å²) in [6.07, 6.45) is 0. The van der Waals surface area contributed by atoms with Crippen molar-refractivity contribution < 1.29 is 58.3 Å². The average molecular weight is 301 g/mol. The third kappa shape index (κ3) is 9.59. The molecule has 0 bridgehead atoms. The Labute approximate surface area is 58.2 Å². The van der Waals surface area contributed by atoms with Gasteiger partial charge in [0.05, 0.1) is 0 Å². The van der Waals surface area contributed by atoms with Gasteiger partial charge in [0.2, 0.25) is 0 Å². The molecule has 0 amide bonds. The van der Waals surface area contributed by atoms with Crippen molar-refractivity contribution >= 4 is 0 Å². The SMILES string of the molecule is [Cl-].[Cl-].[Cl-].[Pt]. The first-order valence-corrected chi connectivity index (χ1v) is 0. The van der Waals surface area contributed by atoms with E-state index in [0.29, 0.717) is 0 Å². The second kappa shape index (κ2) is 23.8. The number of hydrogen-bond donors (Lipinski definition) is 0. The predicted octanol–water partition coefficient (Wildman–Crippen LogP) is -8.99. The van der Waals surface area contributed by atoms with Crippen molar-refractivity contribution in [2.24, 2.45) is 0 Å². The van der Waals surface area contributed by atoms with Gasteiger partial charge in [0.25, 0.3) is 0 Å². The monoisotopic (exact) mass is 300 g/mol. The van der Waals surface area contributed by atoms with E-state index >= 15 is 0 Å². The van der Waals surface area contributed by atoms with Crippen LogP contribution < -0.4 is 37.2 Å². The van der Waals surface area contributed by atoms with Crippen LogP contribution >= 0.6 is 0 Å². The van der Waals surface area contributed by atoms with Crippen LogP contribution in [0.4, 0.5) is 0 Å². The number of hydrogen-bond acceptors (Lipinski definition) is 0. The summed E-state index contributed by atoms with van der Waals surface area (Å²) in [6, 6.07) is 0. The van der Waals surface area contributed by atoms with Crippen molar-refractivity contribution in [1.29, 1.82) is 0 Å². The van der Waals surface area contributed by atoms with Gasteiger partial charge in [-0.25, -0.2) is 0 Å². The van der Waals surface area contributed by atoms with Gasteiger partial charge >= 0.3 is 0 Å². The molecule has 0 saturated heterocycles. The Morgan fingerprint density at radius 2 is 0.500 bits per heavy atom. The molecule has 0 aromatic rings. The van der Waals surface area contributed by atoms with Gasteiger partial charge in [-0.3, -0.25) is 0 Å². The van der Waals surface area contributed by atoms with Crippen LogP contribution in [-0.2, 0) is 21.1 Å². The van der Waals surface area contributed by atoms with E-state index in [1.54, 1.807) is 0 Å². The molecule has 0 aromatic carbocycles. The molecule has 0 aliphatic heterocycles. The Balaban J connectivity index is 0. The molecule has 0 spiro atoms. The first-order valence-electron chi connectivity index (χ1n) is 0. The molecule has 0 atom stereocenters. The van der Waals surface area contributed by atoms with Crippen LogP contribution in [0.15, 0.2) is 0 Å². The Hall–Kier alpha value is 1.56. The summed E-state index contributed by atoms with van der Waals surface area (Å²) in [5.74, 6) is 0. The predicted molar refractivity (Wildman–Crippen MR) is 0 cm³/mol. The molecular formula is Cl3Pt-3. The van der Waals surface area contributed by atoms with Gasteiger partial charge in [-0.1, -0.05) is 0 Å². The quantitative estimate of drug-likeness (QED) is 0.417. The smallest absolute Gasteiger partial charge is 0 e. The summed E-state index contributed by atoms with van der Waals surface area (Å²) in [6.45, 7) is 0. The molecule has 0 unspecified atom stereocenters. The summed E-state index contributed by atoms with van der Waals surface area (Å²) in [5, 5.41) is 0. The molecule has 0 fully saturated rings. The third-order valence-electron chi connectivity index (χ3n) is 0. The first kappa shape index (κ1) is 47.6. The normalized spacial score (nSPS) is 0. The van der Waals surface area contributed by atoms with Crippen LogP contribution in [0, 0.1) is 0 Å². The van der Waals surface area contributed by atoms with Crippen molar-refractivity contribution in [3.8, 4) is 0 Å². The molecule has 0 radical (unpaired) electrons. The van der Waals surface area contributed by atoms with Crippen molar-refractivity contribution in [3.63, 3.8) is 0 Å². The number of halogens is 3. The largest absolute Gasteiger partial charge is 1.00 e. The molecular weight excluding hydrogens is 301 g/mol. The van der Waals surface area contributed by atoms with E-state index in [1.165, 1.54) is 0 Å². The molecule has 4 heavy (non-hydrogen) atoms. The minimum atomic E-state index is 0. The zero-order chi connectivity index (χ0) is 0. The third-order valence-corrected chi connectivity index (χ3v) is 0. The maximum atomic E-state index is 0. The molecule has 0 aromatic heterocycles. The fourth-order valence-electron chi connectivity index (χ4n) is 0. The van der Waals surface area contributed by atoms with Crippen LogP contribution in [0.3, 0.4) is 0 Å². The summed E-state index contributed by atoms with van der Waals surface area (Å²) < 4.78 is 0. The zero-order valence-corrected chi connectivity index (χ0v) is 5.99. The van der Waals surface area contributed by atoms with Crippen LogP contribution in [0.25, 0.3) is 0 Å². The minimum Gasteiger partial charge on any atom is -1.00 e. The summed E-state index contributed by atoms with van der Waals surface area (Å²) in [7, 11) is 0. The van der Waals surface area contributed by atoms with E-state index in [9.17, 15) is 0 Å². The van der Waals surface area contributed by atoms with E-state index < -0.39 is 0 Å². The molecule has 0 saturated carbocycles. The van der Waals surface area contributed by atoms with Crippen LogP contribution in [-0.4, -0.2) is 0 Å². The Bertz CT molecular complexity index is 3.25. The Kier molecular flexibility index (Phi) is 283. The summed E-state index contributed by atoms with van der Waals surface area (Å²) in [4.78, 5) is 0. The Morgan fingerprint density at radius 3 is 0.500 bits per heavy atom. The number of rotatable bonds is 0. The molecule has 0 nitrogen and oxygen atoms in total. The fraction of sp³-hybridized carbons (Fsp3) is 0. The van der Waals surface area contributed by atoms with Gasteiger partial charge < -0.3 is 37.2 Å². The maximum Gasteiger partial charge on any atom is 0 e. The summed E-state index contributed by atoms with van der Waals surface area (Å²) >= 11 is 0. The van der Waals surface area contributed by atoms with E-state index in [1.807, 2.05) is 0 Å². The van der Waals surface area contributed by atoms with E-state index in [-0.39, 0.29) is 58.3 Å². The van der Waals surface area contributed by atoms with Gasteiger partial charge in [0.15, 0.2) is 0 Å². The van der Waals surface area contributed by atoms with Gasteiger partial charge in [0.1, 0.15) is 0 Å². The molecule has 0 aliphatic carbocycles. The minimum absolute atomic E-state index is 0.